The van der Waals surface area contributed by atoms with E-state index in [2.05, 4.69) is 4.72 Å². The van der Waals surface area contributed by atoms with Crippen LogP contribution in [0.5, 0.6) is 0 Å². The van der Waals surface area contributed by atoms with Crippen molar-refractivity contribution in [3.63, 3.8) is 0 Å². The summed E-state index contributed by atoms with van der Waals surface area (Å²) in [7, 11) is -3.90. The van der Waals surface area contributed by atoms with Gasteiger partial charge in [-0.05, 0) is 43.7 Å². The number of amides is 1. The molecule has 2 aromatic carbocycles. The first-order valence-corrected chi connectivity index (χ1v) is 8.23. The van der Waals surface area contributed by atoms with Gasteiger partial charge in [0.25, 0.3) is 10.0 Å². The van der Waals surface area contributed by atoms with Crippen molar-refractivity contribution in [1.82, 2.24) is 0 Å². The summed E-state index contributed by atoms with van der Waals surface area (Å²) in [6.07, 6.45) is 0. The van der Waals surface area contributed by atoms with Gasteiger partial charge in [0.05, 0.1) is 4.90 Å². The highest BCUT2D eigenvalue weighted by molar-refractivity contribution is 7.92. The molecule has 0 radical (unpaired) electrons. The largest absolute Gasteiger partial charge is 0.366 e. The Kier molecular flexibility index (Phi) is 4.51. The van der Waals surface area contributed by atoms with E-state index in [0.717, 1.165) is 0 Å². The zero-order valence-corrected chi connectivity index (χ0v) is 13.5. The Labute approximate surface area is 134 Å². The number of Topliss-reactive ketones (excluding diaryl/α,β-unsaturated/α-hetero) is 1. The highest BCUT2D eigenvalue weighted by atomic mass is 32.2. The number of nitrogens with two attached hydrogens (primary N) is 1. The lowest BCUT2D eigenvalue weighted by molar-refractivity contribution is 0.0995. The van der Waals surface area contributed by atoms with Crippen molar-refractivity contribution in [2.75, 3.05) is 4.72 Å². The van der Waals surface area contributed by atoms with Crippen LogP contribution in [0.1, 0.15) is 33.2 Å². The van der Waals surface area contributed by atoms with Gasteiger partial charge in [-0.15, -0.1) is 0 Å². The summed E-state index contributed by atoms with van der Waals surface area (Å²) in [4.78, 5) is 22.6. The molecule has 2 rings (SSSR count). The van der Waals surface area contributed by atoms with Gasteiger partial charge in [0.15, 0.2) is 5.78 Å². The lowest BCUT2D eigenvalue weighted by Gasteiger charge is -2.10. The normalized spacial score (nSPS) is 11.0. The Morgan fingerprint density at radius 2 is 1.78 bits per heavy atom. The number of sulfonamides is 1. The minimum absolute atomic E-state index is 0.0786. The first kappa shape index (κ1) is 16.7. The number of carbonyl (C=O) groups is 2. The Hall–Kier alpha value is -2.67. The molecule has 7 heteroatoms. The number of ketones is 1. The average Bonchev–Trinajstić information content (AvgIpc) is 2.46. The summed E-state index contributed by atoms with van der Waals surface area (Å²) < 4.78 is 27.2. The Bertz CT molecular complexity index is 889. The SMILES string of the molecule is CC(=O)c1cccc(NS(=O)(=O)c2ccc(C)c(C(N)=O)c2)c1. The summed E-state index contributed by atoms with van der Waals surface area (Å²) in [5, 5.41) is 0. The lowest BCUT2D eigenvalue weighted by atomic mass is 10.1. The fourth-order valence-corrected chi connectivity index (χ4v) is 3.12. The molecule has 0 unspecified atom stereocenters. The van der Waals surface area contributed by atoms with Crippen LogP contribution in [0.3, 0.4) is 0 Å². The standard InChI is InChI=1S/C16H16N2O4S/c1-10-6-7-14(9-15(10)16(17)20)23(21,22)18-13-5-3-4-12(8-13)11(2)19/h3-9,18H,1-2H3,(H2,17,20). The number of nitrogens with one attached hydrogen (secondary N) is 1. The second-order valence-electron chi connectivity index (χ2n) is 5.08. The van der Waals surface area contributed by atoms with E-state index in [0.29, 0.717) is 11.1 Å². The summed E-state index contributed by atoms with van der Waals surface area (Å²) >= 11 is 0. The molecule has 0 spiro atoms. The van der Waals surface area contributed by atoms with Crippen molar-refractivity contribution >= 4 is 27.4 Å². The Morgan fingerprint density at radius 1 is 1.09 bits per heavy atom. The zero-order chi connectivity index (χ0) is 17.2. The van der Waals surface area contributed by atoms with Gasteiger partial charge in [-0.1, -0.05) is 18.2 Å². The molecule has 120 valence electrons. The first-order chi connectivity index (χ1) is 10.7. The summed E-state index contributed by atoms with van der Waals surface area (Å²) in [5.41, 5.74) is 6.64. The second kappa shape index (κ2) is 6.21. The van der Waals surface area contributed by atoms with E-state index in [4.69, 9.17) is 5.73 Å². The van der Waals surface area contributed by atoms with Gasteiger partial charge in [-0.2, -0.15) is 0 Å². The predicted molar refractivity (Wildman–Crippen MR) is 87.0 cm³/mol. The van der Waals surface area contributed by atoms with Gasteiger partial charge in [-0.3, -0.25) is 14.3 Å². The molecule has 0 saturated heterocycles. The molecule has 23 heavy (non-hydrogen) atoms. The molecule has 0 heterocycles. The van der Waals surface area contributed by atoms with Gasteiger partial charge in [0.2, 0.25) is 5.91 Å². The van der Waals surface area contributed by atoms with Crippen LogP contribution < -0.4 is 10.5 Å². The van der Waals surface area contributed by atoms with E-state index in [1.807, 2.05) is 0 Å². The smallest absolute Gasteiger partial charge is 0.261 e. The second-order valence-corrected chi connectivity index (χ2v) is 6.77. The van der Waals surface area contributed by atoms with Crippen molar-refractivity contribution in [3.8, 4) is 0 Å². The number of hydrogen-bond acceptors (Lipinski definition) is 4. The maximum absolute atomic E-state index is 12.4. The molecule has 1 amide bonds. The zero-order valence-electron chi connectivity index (χ0n) is 12.7. The molecule has 0 bridgehead atoms. The average molecular weight is 332 g/mol. The molecule has 0 atom stereocenters. The van der Waals surface area contributed by atoms with Crippen LogP contribution in [0.2, 0.25) is 0 Å². The predicted octanol–water partition coefficient (Wildman–Crippen LogP) is 2.10. The summed E-state index contributed by atoms with van der Waals surface area (Å²) in [5.74, 6) is -0.865. The van der Waals surface area contributed by atoms with Crippen molar-refractivity contribution in [2.24, 2.45) is 5.73 Å². The molecular weight excluding hydrogens is 316 g/mol. The number of primary amides is 1. The molecule has 0 aliphatic carbocycles. The van der Waals surface area contributed by atoms with Crippen LogP contribution in [0.4, 0.5) is 5.69 Å². The molecule has 0 aromatic heterocycles. The lowest BCUT2D eigenvalue weighted by Crippen LogP contribution is -2.17. The highest BCUT2D eigenvalue weighted by Gasteiger charge is 2.17. The first-order valence-electron chi connectivity index (χ1n) is 6.75. The van der Waals surface area contributed by atoms with Crippen LogP contribution in [-0.2, 0) is 10.0 Å². The molecule has 0 aliphatic rings. The number of benzene rings is 2. The van der Waals surface area contributed by atoms with E-state index in [-0.39, 0.29) is 21.9 Å². The van der Waals surface area contributed by atoms with Crippen LogP contribution >= 0.6 is 0 Å². The number of carbonyl (C=O) groups excluding carboxylic acids is 2. The minimum Gasteiger partial charge on any atom is -0.366 e. The summed E-state index contributed by atoms with van der Waals surface area (Å²) in [6.45, 7) is 3.06. The molecule has 2 aromatic rings. The third-order valence-corrected chi connectivity index (χ3v) is 4.69. The Morgan fingerprint density at radius 3 is 2.39 bits per heavy atom. The minimum atomic E-state index is -3.90. The number of aryl methyl sites for hydroxylation is 1. The van der Waals surface area contributed by atoms with Gasteiger partial charge < -0.3 is 5.73 Å². The van der Waals surface area contributed by atoms with Crippen LogP contribution in [0, 0.1) is 6.92 Å². The van der Waals surface area contributed by atoms with E-state index in [1.165, 1.54) is 37.3 Å². The van der Waals surface area contributed by atoms with E-state index in [1.54, 1.807) is 19.1 Å². The van der Waals surface area contributed by atoms with E-state index in [9.17, 15) is 18.0 Å². The number of rotatable bonds is 5. The highest BCUT2D eigenvalue weighted by Crippen LogP contribution is 2.20. The van der Waals surface area contributed by atoms with Crippen molar-refractivity contribution in [2.45, 2.75) is 18.7 Å². The number of hydrogen-bond donors (Lipinski definition) is 2. The Balaban J connectivity index is 2.40. The van der Waals surface area contributed by atoms with E-state index < -0.39 is 15.9 Å². The van der Waals surface area contributed by atoms with Crippen LogP contribution in [0.15, 0.2) is 47.4 Å². The topological polar surface area (TPSA) is 106 Å². The maximum Gasteiger partial charge on any atom is 0.261 e. The molecular formula is C16H16N2O4S. The van der Waals surface area contributed by atoms with Crippen molar-refractivity contribution < 1.29 is 18.0 Å². The summed E-state index contributed by atoms with van der Waals surface area (Å²) in [6, 6.07) is 10.3. The van der Waals surface area contributed by atoms with Gasteiger partial charge >= 0.3 is 0 Å². The van der Waals surface area contributed by atoms with Crippen LogP contribution in [-0.4, -0.2) is 20.1 Å². The van der Waals surface area contributed by atoms with Gasteiger partial charge in [-0.25, -0.2) is 8.42 Å². The molecule has 3 N–H and O–H groups in total. The molecule has 0 fully saturated rings. The van der Waals surface area contributed by atoms with Crippen molar-refractivity contribution in [3.05, 3.63) is 59.2 Å². The fraction of sp³-hybridized carbons (Fsp3) is 0.125. The fourth-order valence-electron chi connectivity index (χ4n) is 2.05. The molecule has 0 aliphatic heterocycles. The van der Waals surface area contributed by atoms with Crippen LogP contribution in [0.25, 0.3) is 0 Å². The third-order valence-electron chi connectivity index (χ3n) is 3.31. The molecule has 6 nitrogen and oxygen atoms in total. The van der Waals surface area contributed by atoms with E-state index >= 15 is 0 Å². The van der Waals surface area contributed by atoms with Gasteiger partial charge in [0.1, 0.15) is 0 Å². The quantitative estimate of drug-likeness (QED) is 0.818. The van der Waals surface area contributed by atoms with Crippen molar-refractivity contribution in [1.29, 1.82) is 0 Å². The monoisotopic (exact) mass is 332 g/mol. The maximum atomic E-state index is 12.4. The third kappa shape index (κ3) is 3.75. The number of anilines is 1. The molecule has 0 saturated carbocycles. The van der Waals surface area contributed by atoms with Gasteiger partial charge in [0, 0.05) is 16.8 Å².